The van der Waals surface area contributed by atoms with Gasteiger partial charge in [-0.3, -0.25) is 9.36 Å². The molecule has 10 heteroatoms. The topological polar surface area (TPSA) is 89.3 Å². The summed E-state index contributed by atoms with van der Waals surface area (Å²) in [5.74, 6) is 0.556. The number of carbonyl (C=O) groups excluding carboxylic acids is 1. The third-order valence-electron chi connectivity index (χ3n) is 6.13. The Bertz CT molecular complexity index is 999. The second-order valence-corrected chi connectivity index (χ2v) is 9.81. The SMILES string of the molecule is CCc1nc(C(=O)NC[C@@H]2CC[C@@H](C)C[C@H]2O)c(Cl)n1-c1ncc(CC(C)C)cc1OC(F)F. The summed E-state index contributed by atoms with van der Waals surface area (Å²) in [6.45, 7) is 5.21. The van der Waals surface area contributed by atoms with Crippen molar-refractivity contribution in [2.75, 3.05) is 6.54 Å². The zero-order chi connectivity index (χ0) is 25.0. The smallest absolute Gasteiger partial charge is 0.387 e. The Morgan fingerprint density at radius 1 is 1.38 bits per heavy atom. The summed E-state index contributed by atoms with van der Waals surface area (Å²) in [6, 6.07) is 1.52. The summed E-state index contributed by atoms with van der Waals surface area (Å²) in [5.41, 5.74) is 0.732. The van der Waals surface area contributed by atoms with Crippen molar-refractivity contribution < 1.29 is 23.4 Å². The predicted octanol–water partition coefficient (Wildman–Crippen LogP) is 4.81. The lowest BCUT2D eigenvalue weighted by atomic mass is 9.81. The van der Waals surface area contributed by atoms with E-state index in [4.69, 9.17) is 16.3 Å². The van der Waals surface area contributed by atoms with Crippen molar-refractivity contribution in [3.63, 3.8) is 0 Å². The summed E-state index contributed by atoms with van der Waals surface area (Å²) < 4.78 is 32.5. The minimum atomic E-state index is -3.05. The molecule has 34 heavy (non-hydrogen) atoms. The number of aromatic nitrogens is 3. The first-order valence-electron chi connectivity index (χ1n) is 11.8. The number of rotatable bonds is 9. The summed E-state index contributed by atoms with van der Waals surface area (Å²) in [4.78, 5) is 21.6. The molecular formula is C24H33ClF2N4O3. The molecule has 7 nitrogen and oxygen atoms in total. The normalized spacial score (nSPS) is 20.7. The number of nitrogens with one attached hydrogen (secondary N) is 1. The van der Waals surface area contributed by atoms with Crippen LogP contribution < -0.4 is 10.1 Å². The van der Waals surface area contributed by atoms with E-state index in [0.717, 1.165) is 18.4 Å². The van der Waals surface area contributed by atoms with Crippen LogP contribution >= 0.6 is 11.6 Å². The fourth-order valence-corrected chi connectivity index (χ4v) is 4.72. The maximum atomic E-state index is 13.2. The Morgan fingerprint density at radius 3 is 2.74 bits per heavy atom. The van der Waals surface area contributed by atoms with E-state index in [9.17, 15) is 18.7 Å². The van der Waals surface area contributed by atoms with Gasteiger partial charge in [0.2, 0.25) is 0 Å². The Morgan fingerprint density at radius 2 is 2.12 bits per heavy atom. The van der Waals surface area contributed by atoms with Crippen LogP contribution in [0.25, 0.3) is 5.82 Å². The molecule has 0 aromatic carbocycles. The summed E-state index contributed by atoms with van der Waals surface area (Å²) in [5, 5.41) is 13.1. The van der Waals surface area contributed by atoms with E-state index in [2.05, 4.69) is 22.2 Å². The first kappa shape index (κ1) is 26.3. The molecular weight excluding hydrogens is 466 g/mol. The molecule has 1 aliphatic rings. The quantitative estimate of drug-likeness (QED) is 0.518. The molecule has 2 N–H and O–H groups in total. The third kappa shape index (κ3) is 6.24. The van der Waals surface area contributed by atoms with Crippen LogP contribution in [0.3, 0.4) is 0 Å². The van der Waals surface area contributed by atoms with Gasteiger partial charge in [0.1, 0.15) is 11.0 Å². The lowest BCUT2D eigenvalue weighted by Gasteiger charge is -2.31. The van der Waals surface area contributed by atoms with E-state index in [0.29, 0.717) is 43.5 Å². The van der Waals surface area contributed by atoms with Gasteiger partial charge in [-0.1, -0.05) is 45.7 Å². The lowest BCUT2D eigenvalue weighted by Crippen LogP contribution is -2.38. The first-order chi connectivity index (χ1) is 16.1. The number of ether oxygens (including phenoxy) is 1. The van der Waals surface area contributed by atoms with E-state index in [1.807, 2.05) is 20.8 Å². The number of pyridine rings is 1. The third-order valence-corrected chi connectivity index (χ3v) is 6.47. The Hall–Kier alpha value is -2.26. The zero-order valence-corrected chi connectivity index (χ0v) is 20.8. The molecule has 0 aliphatic heterocycles. The molecule has 1 saturated carbocycles. The average molecular weight is 499 g/mol. The molecule has 2 aromatic heterocycles. The molecule has 1 amide bonds. The van der Waals surface area contributed by atoms with Gasteiger partial charge in [0.05, 0.1) is 6.10 Å². The number of halogens is 3. The summed E-state index contributed by atoms with van der Waals surface area (Å²) in [7, 11) is 0. The molecule has 1 fully saturated rings. The van der Waals surface area contributed by atoms with Gasteiger partial charge in [0, 0.05) is 25.1 Å². The Labute approximate surface area is 203 Å². The highest BCUT2D eigenvalue weighted by molar-refractivity contribution is 6.32. The van der Waals surface area contributed by atoms with E-state index < -0.39 is 18.6 Å². The van der Waals surface area contributed by atoms with E-state index >= 15 is 0 Å². The van der Waals surface area contributed by atoms with Crippen molar-refractivity contribution in [1.29, 1.82) is 0 Å². The highest BCUT2D eigenvalue weighted by Crippen LogP contribution is 2.32. The standard InChI is InChI=1S/C24H33ClF2N4O3/c1-5-19-30-20(23(33)29-12-16-7-6-14(4)9-17(16)32)21(25)31(19)22-18(34-24(26)27)10-15(11-28-22)8-13(2)3/h10-11,13-14,16-17,24,32H,5-9,12H2,1-4H3,(H,29,33)/t14-,16+,17-/m1/s1. The van der Waals surface area contributed by atoms with Crippen molar-refractivity contribution in [1.82, 2.24) is 19.9 Å². The first-order valence-corrected chi connectivity index (χ1v) is 12.2. The van der Waals surface area contributed by atoms with Gasteiger partial charge in [-0.25, -0.2) is 9.97 Å². The van der Waals surface area contributed by atoms with E-state index in [1.54, 1.807) is 6.20 Å². The maximum absolute atomic E-state index is 13.2. The largest absolute Gasteiger partial charge is 0.431 e. The molecule has 0 spiro atoms. The molecule has 0 unspecified atom stereocenters. The second kappa shape index (κ2) is 11.4. The van der Waals surface area contributed by atoms with Gasteiger partial charge in [-0.05, 0) is 42.7 Å². The van der Waals surface area contributed by atoms with Crippen molar-refractivity contribution in [3.05, 3.63) is 34.5 Å². The van der Waals surface area contributed by atoms with Crippen LogP contribution in [0.1, 0.15) is 68.8 Å². The van der Waals surface area contributed by atoms with E-state index in [1.165, 1.54) is 10.6 Å². The monoisotopic (exact) mass is 498 g/mol. The number of aliphatic hydroxyl groups excluding tert-OH is 1. The number of hydrogen-bond donors (Lipinski definition) is 2. The lowest BCUT2D eigenvalue weighted by molar-refractivity contribution is -0.0501. The molecule has 3 atom stereocenters. The summed E-state index contributed by atoms with van der Waals surface area (Å²) >= 11 is 6.55. The second-order valence-electron chi connectivity index (χ2n) is 9.45. The van der Waals surface area contributed by atoms with Crippen LogP contribution in [0, 0.1) is 17.8 Å². The van der Waals surface area contributed by atoms with Gasteiger partial charge >= 0.3 is 6.61 Å². The highest BCUT2D eigenvalue weighted by Gasteiger charge is 2.29. The zero-order valence-electron chi connectivity index (χ0n) is 20.0. The molecule has 2 aromatic rings. The molecule has 2 heterocycles. The number of amides is 1. The Balaban J connectivity index is 1.89. The van der Waals surface area contributed by atoms with Crippen molar-refractivity contribution >= 4 is 17.5 Å². The molecule has 0 radical (unpaired) electrons. The van der Waals surface area contributed by atoms with Crippen LogP contribution in [0.2, 0.25) is 5.15 Å². The number of alkyl halides is 2. The van der Waals surface area contributed by atoms with Crippen LogP contribution in [0.4, 0.5) is 8.78 Å². The molecule has 3 rings (SSSR count). The fourth-order valence-electron chi connectivity index (χ4n) is 4.41. The van der Waals surface area contributed by atoms with Gasteiger partial charge in [0.25, 0.3) is 5.91 Å². The van der Waals surface area contributed by atoms with Crippen LogP contribution in [0.15, 0.2) is 12.3 Å². The fraction of sp³-hybridized carbons (Fsp3) is 0.625. The van der Waals surface area contributed by atoms with Gasteiger partial charge < -0.3 is 15.2 Å². The van der Waals surface area contributed by atoms with Gasteiger partial charge in [-0.15, -0.1) is 0 Å². The molecule has 1 aliphatic carbocycles. The van der Waals surface area contributed by atoms with Crippen molar-refractivity contribution in [2.24, 2.45) is 17.8 Å². The number of carbonyl (C=O) groups is 1. The van der Waals surface area contributed by atoms with E-state index in [-0.39, 0.29) is 28.3 Å². The van der Waals surface area contributed by atoms with Crippen molar-refractivity contribution in [3.8, 4) is 11.6 Å². The van der Waals surface area contributed by atoms with Crippen molar-refractivity contribution in [2.45, 2.75) is 72.5 Å². The Kier molecular flexibility index (Phi) is 8.87. The number of aryl methyl sites for hydroxylation is 1. The highest BCUT2D eigenvalue weighted by atomic mass is 35.5. The summed E-state index contributed by atoms with van der Waals surface area (Å²) in [6.07, 6.45) is 4.69. The van der Waals surface area contributed by atoms with Gasteiger partial charge in [0.15, 0.2) is 17.3 Å². The minimum Gasteiger partial charge on any atom is -0.431 e. The van der Waals surface area contributed by atoms with Crippen LogP contribution in [-0.4, -0.2) is 44.8 Å². The number of nitrogens with zero attached hydrogens (tertiary/aromatic N) is 3. The maximum Gasteiger partial charge on any atom is 0.387 e. The predicted molar refractivity (Wildman–Crippen MR) is 126 cm³/mol. The van der Waals surface area contributed by atoms with Gasteiger partial charge in [-0.2, -0.15) is 8.78 Å². The number of imidazole rings is 1. The number of aliphatic hydroxyl groups is 1. The molecule has 188 valence electrons. The minimum absolute atomic E-state index is 0.0202. The molecule has 0 saturated heterocycles. The van der Waals surface area contributed by atoms with Crippen LogP contribution in [-0.2, 0) is 12.8 Å². The average Bonchev–Trinajstić information content (AvgIpc) is 3.08. The molecule has 0 bridgehead atoms. The number of hydrogen-bond acceptors (Lipinski definition) is 5. The van der Waals surface area contributed by atoms with Crippen LogP contribution in [0.5, 0.6) is 5.75 Å².